The van der Waals surface area contributed by atoms with Crippen molar-refractivity contribution in [3.8, 4) is 5.75 Å². The minimum absolute atomic E-state index is 0.0800. The van der Waals surface area contributed by atoms with Gasteiger partial charge in [-0.25, -0.2) is 0 Å². The molecule has 0 bridgehead atoms. The van der Waals surface area contributed by atoms with E-state index >= 15 is 0 Å². The molecule has 1 saturated heterocycles. The second-order valence-corrected chi connectivity index (χ2v) is 7.30. The molecule has 0 radical (unpaired) electrons. The van der Waals surface area contributed by atoms with Crippen LogP contribution in [-0.2, 0) is 4.79 Å². The topological polar surface area (TPSA) is 44.8 Å². The van der Waals surface area contributed by atoms with Crippen molar-refractivity contribution in [2.45, 2.75) is 33.3 Å². The van der Waals surface area contributed by atoms with Crippen LogP contribution in [0.4, 0.5) is 0 Å². The highest BCUT2D eigenvalue weighted by atomic mass is 35.5. The number of amides is 1. The zero-order chi connectivity index (χ0) is 18.4. The number of rotatable bonds is 7. The molecule has 6 heteroatoms. The molecule has 0 spiro atoms. The van der Waals surface area contributed by atoms with E-state index in [-0.39, 0.29) is 5.91 Å². The zero-order valence-electron chi connectivity index (χ0n) is 15.8. The van der Waals surface area contributed by atoms with Gasteiger partial charge in [-0.15, -0.1) is 0 Å². The number of benzene rings is 1. The first-order valence-corrected chi connectivity index (χ1v) is 9.36. The van der Waals surface area contributed by atoms with Crippen LogP contribution in [0, 0.1) is 13.8 Å². The molecule has 140 valence electrons. The van der Waals surface area contributed by atoms with E-state index in [1.807, 2.05) is 26.0 Å². The van der Waals surface area contributed by atoms with Crippen LogP contribution in [-0.4, -0.2) is 68.1 Å². The number of halogens is 1. The monoisotopic (exact) mass is 367 g/mol. The molecule has 5 nitrogen and oxygen atoms in total. The lowest BCUT2D eigenvalue weighted by Gasteiger charge is -2.32. The molecule has 1 atom stereocenters. The number of carbonyl (C=O) groups excluding carboxylic acids is 1. The number of hydrogen-bond donors (Lipinski definition) is 1. The van der Waals surface area contributed by atoms with Crippen molar-refractivity contribution in [1.82, 2.24) is 15.1 Å². The molecular weight excluding hydrogens is 338 g/mol. The summed E-state index contributed by atoms with van der Waals surface area (Å²) in [5.74, 6) is 0.600. The second kappa shape index (κ2) is 9.41. The van der Waals surface area contributed by atoms with Crippen LogP contribution < -0.4 is 10.1 Å². The van der Waals surface area contributed by atoms with E-state index in [1.54, 1.807) is 6.92 Å². The minimum Gasteiger partial charge on any atom is -0.481 e. The van der Waals surface area contributed by atoms with Gasteiger partial charge >= 0.3 is 0 Å². The predicted molar refractivity (Wildman–Crippen MR) is 103 cm³/mol. The molecule has 2 rings (SSSR count). The number of hydrogen-bond acceptors (Lipinski definition) is 4. The van der Waals surface area contributed by atoms with Crippen molar-refractivity contribution in [3.05, 3.63) is 28.3 Å². The maximum atomic E-state index is 12.2. The van der Waals surface area contributed by atoms with Gasteiger partial charge in [0.1, 0.15) is 5.75 Å². The number of ether oxygens (including phenoxy) is 1. The fraction of sp³-hybridized carbons (Fsp3) is 0.632. The summed E-state index contributed by atoms with van der Waals surface area (Å²) < 4.78 is 5.76. The number of likely N-dealkylation sites (N-methyl/N-ethyl adjacent to an activating group) is 1. The molecule has 1 amide bonds. The summed E-state index contributed by atoms with van der Waals surface area (Å²) in [7, 11) is 2.16. The normalized spacial score (nSPS) is 17.3. The Morgan fingerprint density at radius 3 is 2.44 bits per heavy atom. The Balaban J connectivity index is 1.70. The fourth-order valence-corrected chi connectivity index (χ4v) is 3.07. The van der Waals surface area contributed by atoms with Crippen molar-refractivity contribution in [1.29, 1.82) is 0 Å². The second-order valence-electron chi connectivity index (χ2n) is 6.92. The highest BCUT2D eigenvalue weighted by Gasteiger charge is 2.16. The van der Waals surface area contributed by atoms with Crippen molar-refractivity contribution in [2.75, 3.05) is 46.3 Å². The third kappa shape index (κ3) is 6.17. The van der Waals surface area contributed by atoms with E-state index in [0.29, 0.717) is 12.3 Å². The SMILES string of the molecule is Cc1cc(O[C@H](C)C(=O)NCCCN2CCN(C)CC2)cc(C)c1Cl. The lowest BCUT2D eigenvalue weighted by molar-refractivity contribution is -0.127. The van der Waals surface area contributed by atoms with Gasteiger partial charge in [0.25, 0.3) is 5.91 Å². The molecule has 1 aliphatic rings. The summed E-state index contributed by atoms with van der Waals surface area (Å²) in [5.41, 5.74) is 1.91. The summed E-state index contributed by atoms with van der Waals surface area (Å²) in [6.45, 7) is 11.8. The van der Waals surface area contributed by atoms with E-state index < -0.39 is 6.10 Å². The van der Waals surface area contributed by atoms with Crippen LogP contribution >= 0.6 is 11.6 Å². The molecule has 0 unspecified atom stereocenters. The maximum Gasteiger partial charge on any atom is 0.260 e. The molecule has 0 aliphatic carbocycles. The maximum absolute atomic E-state index is 12.2. The molecule has 1 aromatic carbocycles. The molecular formula is C19H30ClN3O2. The quantitative estimate of drug-likeness (QED) is 0.752. The third-order valence-electron chi connectivity index (χ3n) is 4.64. The average molecular weight is 368 g/mol. The van der Waals surface area contributed by atoms with Gasteiger partial charge in [-0.1, -0.05) is 11.6 Å². The Morgan fingerprint density at radius 1 is 1.24 bits per heavy atom. The molecule has 1 aromatic rings. The van der Waals surface area contributed by atoms with Crippen LogP contribution in [0.2, 0.25) is 5.02 Å². The third-order valence-corrected chi connectivity index (χ3v) is 5.23. The minimum atomic E-state index is -0.524. The van der Waals surface area contributed by atoms with Gasteiger partial charge in [-0.3, -0.25) is 4.79 Å². The molecule has 0 aromatic heterocycles. The molecule has 1 N–H and O–H groups in total. The lowest BCUT2D eigenvalue weighted by atomic mass is 10.1. The van der Waals surface area contributed by atoms with Crippen LogP contribution in [0.5, 0.6) is 5.75 Å². The highest BCUT2D eigenvalue weighted by Crippen LogP contribution is 2.26. The van der Waals surface area contributed by atoms with Gasteiger partial charge in [0.2, 0.25) is 0 Å². The summed E-state index contributed by atoms with van der Waals surface area (Å²) in [6.07, 6.45) is 0.435. The van der Waals surface area contributed by atoms with E-state index in [9.17, 15) is 4.79 Å². The number of aryl methyl sites for hydroxylation is 2. The van der Waals surface area contributed by atoms with Crippen LogP contribution in [0.3, 0.4) is 0 Å². The van der Waals surface area contributed by atoms with Gasteiger partial charge in [0.15, 0.2) is 6.10 Å². The van der Waals surface area contributed by atoms with E-state index in [2.05, 4.69) is 22.2 Å². The molecule has 0 saturated carbocycles. The van der Waals surface area contributed by atoms with Crippen molar-refractivity contribution >= 4 is 17.5 Å². The van der Waals surface area contributed by atoms with Crippen LogP contribution in [0.25, 0.3) is 0 Å². The standard InChI is InChI=1S/C19H30ClN3O2/c1-14-12-17(13-15(2)18(14)20)25-16(3)19(24)21-6-5-7-23-10-8-22(4)9-11-23/h12-13,16H,5-11H2,1-4H3,(H,21,24)/t16-/m1/s1. The Bertz CT molecular complexity index is 563. The average Bonchev–Trinajstić information content (AvgIpc) is 2.57. The number of nitrogens with zero attached hydrogens (tertiary/aromatic N) is 2. The van der Waals surface area contributed by atoms with Crippen molar-refractivity contribution in [2.24, 2.45) is 0 Å². The molecule has 25 heavy (non-hydrogen) atoms. The Hall–Kier alpha value is -1.30. The molecule has 1 heterocycles. The summed E-state index contributed by atoms with van der Waals surface area (Å²) in [6, 6.07) is 3.74. The van der Waals surface area contributed by atoms with Crippen LogP contribution in [0.15, 0.2) is 12.1 Å². The number of carbonyl (C=O) groups is 1. The molecule has 1 aliphatic heterocycles. The van der Waals surface area contributed by atoms with E-state index in [1.165, 1.54) is 0 Å². The van der Waals surface area contributed by atoms with Gasteiger partial charge in [0.05, 0.1) is 0 Å². The first-order chi connectivity index (χ1) is 11.9. The first-order valence-electron chi connectivity index (χ1n) is 8.99. The zero-order valence-corrected chi connectivity index (χ0v) is 16.5. The first kappa shape index (κ1) is 20.0. The number of nitrogens with one attached hydrogen (secondary N) is 1. The Kier molecular flexibility index (Phi) is 7.54. The largest absolute Gasteiger partial charge is 0.481 e. The van der Waals surface area contributed by atoms with Gasteiger partial charge < -0.3 is 19.9 Å². The summed E-state index contributed by atoms with van der Waals surface area (Å²) >= 11 is 6.16. The van der Waals surface area contributed by atoms with Gasteiger partial charge in [-0.2, -0.15) is 0 Å². The van der Waals surface area contributed by atoms with Crippen molar-refractivity contribution in [3.63, 3.8) is 0 Å². The lowest BCUT2D eigenvalue weighted by Crippen LogP contribution is -2.45. The van der Waals surface area contributed by atoms with E-state index in [4.69, 9.17) is 16.3 Å². The van der Waals surface area contributed by atoms with E-state index in [0.717, 1.165) is 55.3 Å². The molecule has 1 fully saturated rings. The van der Waals surface area contributed by atoms with Gasteiger partial charge in [-0.05, 0) is 64.0 Å². The van der Waals surface area contributed by atoms with Crippen LogP contribution in [0.1, 0.15) is 24.5 Å². The van der Waals surface area contributed by atoms with Gasteiger partial charge in [0, 0.05) is 37.7 Å². The predicted octanol–water partition coefficient (Wildman–Crippen LogP) is 2.48. The smallest absolute Gasteiger partial charge is 0.260 e. The Labute approximate surface area is 156 Å². The number of piperazine rings is 1. The Morgan fingerprint density at radius 2 is 1.84 bits per heavy atom. The summed E-state index contributed by atoms with van der Waals surface area (Å²) in [4.78, 5) is 17.0. The van der Waals surface area contributed by atoms with Crippen molar-refractivity contribution < 1.29 is 9.53 Å². The highest BCUT2D eigenvalue weighted by molar-refractivity contribution is 6.32. The summed E-state index contributed by atoms with van der Waals surface area (Å²) in [5, 5.41) is 3.71. The fourth-order valence-electron chi connectivity index (χ4n) is 2.96.